The summed E-state index contributed by atoms with van der Waals surface area (Å²) >= 11 is 0. The molecule has 6 heavy (non-hydrogen) atoms. The molecule has 0 spiro atoms. The Morgan fingerprint density at radius 1 is 1.67 bits per heavy atom. The SMILES string of the molecule is O=C(O)CO.[PoH2]. The molecule has 0 saturated carbocycles. The quantitative estimate of drug-likeness (QED) is 0.595. The number of hydrogen-bond acceptors (Lipinski definition) is 2. The third-order valence-corrected chi connectivity index (χ3v) is 0.135. The molecule has 0 aliphatic rings. The van der Waals surface area contributed by atoms with Gasteiger partial charge in [-0.3, -0.25) is 0 Å². The predicted octanol–water partition coefficient (Wildman–Crippen LogP) is -1.85. The first-order chi connectivity index (χ1) is 2.27. The van der Waals surface area contributed by atoms with E-state index in [0.717, 1.165) is 0 Å². The van der Waals surface area contributed by atoms with Crippen LogP contribution in [0.5, 0.6) is 0 Å². The first kappa shape index (κ1) is 9.59. The van der Waals surface area contributed by atoms with Crippen LogP contribution in [0.15, 0.2) is 0 Å². The van der Waals surface area contributed by atoms with Crippen molar-refractivity contribution in [3.8, 4) is 0 Å². The van der Waals surface area contributed by atoms with Gasteiger partial charge in [-0.25, -0.2) is 4.79 Å². The predicted molar refractivity (Wildman–Crippen MR) is 23.3 cm³/mol. The molecule has 0 aromatic rings. The molecule has 0 amide bonds. The van der Waals surface area contributed by atoms with E-state index in [0.29, 0.717) is 0 Å². The van der Waals surface area contributed by atoms with Gasteiger partial charge in [0.25, 0.3) is 0 Å². The molecule has 0 heterocycles. The van der Waals surface area contributed by atoms with Crippen molar-refractivity contribution in [3.05, 3.63) is 0 Å². The Morgan fingerprint density at radius 2 is 1.83 bits per heavy atom. The maximum atomic E-state index is 9.12. The second-order valence-corrected chi connectivity index (χ2v) is 0.552. The van der Waals surface area contributed by atoms with E-state index in [9.17, 15) is 0 Å². The maximum absolute atomic E-state index is 9.12. The summed E-state index contributed by atoms with van der Waals surface area (Å²) in [6.07, 6.45) is 0. The van der Waals surface area contributed by atoms with Gasteiger partial charge >= 0.3 is 32.5 Å². The van der Waals surface area contributed by atoms with Crippen molar-refractivity contribution < 1.29 is 15.0 Å². The van der Waals surface area contributed by atoms with Crippen LogP contribution in [0.4, 0.5) is 0 Å². The third-order valence-electron chi connectivity index (χ3n) is 0.135. The molecular weight excluding hydrogens is 281 g/mol. The van der Waals surface area contributed by atoms with E-state index in [2.05, 4.69) is 0 Å². The van der Waals surface area contributed by atoms with E-state index in [-0.39, 0.29) is 26.6 Å². The second kappa shape index (κ2) is 5.33. The number of carboxylic acids is 1. The fraction of sp³-hybridized carbons (Fsp3) is 0.500. The Bertz CT molecular complexity index is 44.1. The number of rotatable bonds is 1. The van der Waals surface area contributed by atoms with Crippen molar-refractivity contribution in [3.63, 3.8) is 0 Å². The summed E-state index contributed by atoms with van der Waals surface area (Å²) in [4.78, 5) is 9.12. The summed E-state index contributed by atoms with van der Waals surface area (Å²) in [5.41, 5.74) is 0. The Kier molecular flexibility index (Phi) is 8.51. The van der Waals surface area contributed by atoms with Crippen molar-refractivity contribution in [2.45, 2.75) is 0 Å². The third kappa shape index (κ3) is 8.85. The van der Waals surface area contributed by atoms with Crippen LogP contribution < -0.4 is 0 Å². The van der Waals surface area contributed by atoms with Gasteiger partial charge in [0.1, 0.15) is 6.61 Å². The van der Waals surface area contributed by atoms with Gasteiger partial charge in [-0.1, -0.05) is 0 Å². The average Bonchev–Trinajstić information content (AvgIpc) is 1.38. The summed E-state index contributed by atoms with van der Waals surface area (Å²) in [5.74, 6) is -1.19. The van der Waals surface area contributed by atoms with Crippen molar-refractivity contribution in [1.29, 1.82) is 0 Å². The van der Waals surface area contributed by atoms with Crippen LogP contribution in [-0.2, 0) is 4.79 Å². The van der Waals surface area contributed by atoms with Gasteiger partial charge in [-0.15, -0.1) is 0 Å². The fourth-order valence-corrected chi connectivity index (χ4v) is 0. The molecule has 0 bridgehead atoms. The number of carboxylic acid groups (broad SMARTS) is 1. The molecule has 0 atom stereocenters. The van der Waals surface area contributed by atoms with E-state index >= 15 is 0 Å². The van der Waals surface area contributed by atoms with Gasteiger partial charge in [0.05, 0.1) is 0 Å². The van der Waals surface area contributed by atoms with Gasteiger partial charge < -0.3 is 10.2 Å². The Labute approximate surface area is 54.4 Å². The topological polar surface area (TPSA) is 57.5 Å². The Hall–Kier alpha value is 0.326. The monoisotopic (exact) mass is 287 g/mol. The number of aliphatic hydroxyl groups excluding tert-OH is 1. The molecule has 0 aliphatic carbocycles. The molecule has 0 fully saturated rings. The zero-order chi connectivity index (χ0) is 4.28. The van der Waals surface area contributed by atoms with Gasteiger partial charge in [0.2, 0.25) is 0 Å². The minimum absolute atomic E-state index is 0. The normalized spacial score (nSPS) is 6.17. The summed E-state index contributed by atoms with van der Waals surface area (Å²) in [7, 11) is 0. The van der Waals surface area contributed by atoms with E-state index < -0.39 is 12.6 Å². The van der Waals surface area contributed by atoms with E-state index in [1.807, 2.05) is 0 Å². The van der Waals surface area contributed by atoms with E-state index in [1.54, 1.807) is 0 Å². The fourth-order valence-electron chi connectivity index (χ4n) is 0. The average molecular weight is 287 g/mol. The summed E-state index contributed by atoms with van der Waals surface area (Å²) in [5, 5.41) is 15.0. The van der Waals surface area contributed by atoms with Gasteiger partial charge in [0.15, 0.2) is 0 Å². The van der Waals surface area contributed by atoms with Crippen LogP contribution in [0, 0.1) is 0 Å². The standard InChI is InChI=1S/C2H4O3.Po.2H/c3-1-2(4)5;;;/h3H,1H2,(H,4,5);;;. The first-order valence-corrected chi connectivity index (χ1v) is 1.10. The molecule has 0 rings (SSSR count). The molecule has 0 aromatic heterocycles. The van der Waals surface area contributed by atoms with Crippen LogP contribution in [0.2, 0.25) is 0 Å². The number of carbonyl (C=O) groups is 1. The number of aliphatic hydroxyl groups is 1. The van der Waals surface area contributed by atoms with E-state index in [1.165, 1.54) is 0 Å². The van der Waals surface area contributed by atoms with Gasteiger partial charge in [-0.05, 0) is 0 Å². The summed E-state index contributed by atoms with van der Waals surface area (Å²) in [6, 6.07) is 0. The zero-order valence-corrected chi connectivity index (χ0v) is 6.90. The molecule has 0 radical (unpaired) electrons. The van der Waals surface area contributed by atoms with Crippen molar-refractivity contribution >= 4 is 32.5 Å². The summed E-state index contributed by atoms with van der Waals surface area (Å²) in [6.45, 7) is -0.778. The molecule has 38 valence electrons. The Morgan fingerprint density at radius 3 is 1.83 bits per heavy atom. The molecular formula is C2H6O3Po. The number of aliphatic carboxylic acids is 1. The molecule has 0 unspecified atom stereocenters. The second-order valence-electron chi connectivity index (χ2n) is 0.552. The zero-order valence-electron chi connectivity index (χ0n) is 3.01. The van der Waals surface area contributed by atoms with Crippen LogP contribution in [0.1, 0.15) is 0 Å². The van der Waals surface area contributed by atoms with Crippen LogP contribution in [0.3, 0.4) is 0 Å². The van der Waals surface area contributed by atoms with Crippen molar-refractivity contribution in [1.82, 2.24) is 0 Å². The molecule has 0 saturated heterocycles. The first-order valence-electron chi connectivity index (χ1n) is 1.10. The van der Waals surface area contributed by atoms with Gasteiger partial charge in [-0.2, -0.15) is 0 Å². The molecule has 0 aromatic carbocycles. The van der Waals surface area contributed by atoms with Crippen LogP contribution >= 0.6 is 0 Å². The number of hydrogen-bond donors (Lipinski definition) is 2. The Balaban J connectivity index is 0. The van der Waals surface area contributed by atoms with E-state index in [4.69, 9.17) is 15.0 Å². The molecule has 0 aliphatic heterocycles. The molecule has 2 N–H and O–H groups in total. The van der Waals surface area contributed by atoms with Crippen molar-refractivity contribution in [2.75, 3.05) is 6.61 Å². The molecule has 3 nitrogen and oxygen atoms in total. The molecule has 4 heteroatoms. The van der Waals surface area contributed by atoms with Crippen LogP contribution in [0.25, 0.3) is 0 Å². The minimum atomic E-state index is -1.19. The van der Waals surface area contributed by atoms with Crippen LogP contribution in [-0.4, -0.2) is 49.4 Å². The summed E-state index contributed by atoms with van der Waals surface area (Å²) < 4.78 is 0. The van der Waals surface area contributed by atoms with Gasteiger partial charge in [0, 0.05) is 0 Å². The van der Waals surface area contributed by atoms with Crippen molar-refractivity contribution in [2.24, 2.45) is 0 Å².